The Morgan fingerprint density at radius 3 is 2.60 bits per heavy atom. The first-order valence-corrected chi connectivity index (χ1v) is 15.2. The monoisotopic (exact) mass is 622 g/mol. The summed E-state index contributed by atoms with van der Waals surface area (Å²) in [6.45, 7) is 8.45. The maximum atomic E-state index is 16.7. The Kier molecular flexibility index (Phi) is 9.40. The molecule has 1 fully saturated rings. The standard InChI is InChI=1S/C27H36FN6O8P/c1-7-38-25(36)26(4,5)33-43(37,42-17-11-9-8-10-12-17)39-14-19-21(41-24(35)16(2)3)27(6,28)20(40-19)18-13-30-23-22(29)31-15-32-34(18)23/h8-13,15-16,19-21H,7,14H2,1-6H3,(H,33,37)(H2,29,31,32)/t19-,20+,21-,27+,43?/m1/s1. The second-order valence-corrected chi connectivity index (χ2v) is 12.6. The minimum Gasteiger partial charge on any atom is -0.465 e. The fourth-order valence-corrected chi connectivity index (χ4v) is 6.11. The van der Waals surface area contributed by atoms with Crippen LogP contribution in [0.15, 0.2) is 42.9 Å². The van der Waals surface area contributed by atoms with Gasteiger partial charge in [-0.05, 0) is 39.8 Å². The number of carbonyl (C=O) groups is 2. The molecule has 2 aromatic heterocycles. The lowest BCUT2D eigenvalue weighted by Gasteiger charge is -2.30. The van der Waals surface area contributed by atoms with Gasteiger partial charge in [0.05, 0.1) is 31.0 Å². The summed E-state index contributed by atoms with van der Waals surface area (Å²) in [4.78, 5) is 33.3. The number of nitrogen functional groups attached to an aromatic ring is 1. The van der Waals surface area contributed by atoms with Crippen LogP contribution < -0.4 is 15.3 Å². The first kappa shape index (κ1) is 32.3. The molecule has 1 aromatic carbocycles. The normalized spacial score (nSPS) is 23.7. The van der Waals surface area contributed by atoms with E-state index in [1.165, 1.54) is 37.8 Å². The molecule has 234 valence electrons. The molecular weight excluding hydrogens is 586 g/mol. The fourth-order valence-electron chi connectivity index (χ4n) is 4.43. The number of fused-ring (bicyclic) bond motifs is 1. The van der Waals surface area contributed by atoms with Crippen LogP contribution in [0.5, 0.6) is 5.75 Å². The molecule has 1 saturated heterocycles. The molecule has 0 bridgehead atoms. The van der Waals surface area contributed by atoms with Crippen LogP contribution in [0.2, 0.25) is 0 Å². The topological polar surface area (TPSA) is 178 Å². The number of alkyl halides is 1. The number of nitrogens with two attached hydrogens (primary N) is 1. The number of hydrogen-bond donors (Lipinski definition) is 2. The highest BCUT2D eigenvalue weighted by Gasteiger charge is 2.59. The van der Waals surface area contributed by atoms with E-state index in [-0.39, 0.29) is 29.5 Å². The third-order valence-electron chi connectivity index (χ3n) is 6.64. The van der Waals surface area contributed by atoms with Crippen molar-refractivity contribution in [1.29, 1.82) is 0 Å². The zero-order valence-corrected chi connectivity index (χ0v) is 25.6. The zero-order chi connectivity index (χ0) is 31.6. The lowest BCUT2D eigenvalue weighted by atomic mass is 9.93. The highest BCUT2D eigenvalue weighted by atomic mass is 31.2. The molecule has 0 aliphatic carbocycles. The molecule has 0 saturated carbocycles. The number of hydrogen-bond acceptors (Lipinski definition) is 12. The van der Waals surface area contributed by atoms with Crippen molar-refractivity contribution >= 4 is 31.2 Å². The predicted octanol–water partition coefficient (Wildman–Crippen LogP) is 3.58. The summed E-state index contributed by atoms with van der Waals surface area (Å²) in [6, 6.07) is 8.13. The number of nitrogens with one attached hydrogen (secondary N) is 1. The van der Waals surface area contributed by atoms with Crippen LogP contribution in [0.25, 0.3) is 5.65 Å². The van der Waals surface area contributed by atoms with Gasteiger partial charge >= 0.3 is 19.7 Å². The summed E-state index contributed by atoms with van der Waals surface area (Å²) in [6.07, 6.45) is -1.65. The summed E-state index contributed by atoms with van der Waals surface area (Å²) < 4.78 is 60.4. The van der Waals surface area contributed by atoms with E-state index >= 15 is 4.39 Å². The van der Waals surface area contributed by atoms with E-state index in [1.54, 1.807) is 51.1 Å². The SMILES string of the molecule is CCOC(=O)C(C)(C)NP(=O)(OC[C@H]1O[C@@H](c2cnc3c(N)ncnn23)[C@](C)(F)[C@@H]1OC(=O)C(C)C)Oc1ccccc1. The van der Waals surface area contributed by atoms with Gasteiger partial charge in [0, 0.05) is 0 Å². The number of benzene rings is 1. The molecular formula is C27H36FN6O8P. The molecule has 14 nitrogen and oxygen atoms in total. The van der Waals surface area contributed by atoms with Crippen molar-refractivity contribution in [2.75, 3.05) is 18.9 Å². The summed E-state index contributed by atoms with van der Waals surface area (Å²) >= 11 is 0. The van der Waals surface area contributed by atoms with Gasteiger partial charge in [-0.15, -0.1) is 0 Å². The third kappa shape index (κ3) is 6.96. The number of esters is 2. The third-order valence-corrected chi connectivity index (χ3v) is 8.41. The number of halogens is 1. The highest BCUT2D eigenvalue weighted by molar-refractivity contribution is 7.52. The second kappa shape index (κ2) is 12.5. The van der Waals surface area contributed by atoms with Gasteiger partial charge in [-0.25, -0.2) is 23.4 Å². The number of anilines is 1. The van der Waals surface area contributed by atoms with E-state index in [2.05, 4.69) is 20.2 Å². The Morgan fingerprint density at radius 2 is 1.95 bits per heavy atom. The molecule has 5 atom stereocenters. The molecule has 4 rings (SSSR count). The van der Waals surface area contributed by atoms with Gasteiger partial charge in [0.2, 0.25) is 0 Å². The number of ether oxygens (including phenoxy) is 3. The minimum atomic E-state index is -4.39. The van der Waals surface area contributed by atoms with E-state index in [1.807, 2.05) is 0 Å². The van der Waals surface area contributed by atoms with Gasteiger partial charge in [0.25, 0.3) is 0 Å². The van der Waals surface area contributed by atoms with Crippen LogP contribution in [0.4, 0.5) is 10.2 Å². The van der Waals surface area contributed by atoms with Crippen molar-refractivity contribution in [3.8, 4) is 5.75 Å². The summed E-state index contributed by atoms with van der Waals surface area (Å²) in [5.41, 5.74) is 2.39. The average Bonchev–Trinajstić information content (AvgIpc) is 3.46. The van der Waals surface area contributed by atoms with E-state index in [0.717, 1.165) is 0 Å². The van der Waals surface area contributed by atoms with Gasteiger partial charge in [-0.3, -0.25) is 14.1 Å². The van der Waals surface area contributed by atoms with Crippen molar-refractivity contribution in [3.05, 3.63) is 48.5 Å². The Morgan fingerprint density at radius 1 is 1.26 bits per heavy atom. The molecule has 1 aliphatic heterocycles. The lowest BCUT2D eigenvalue weighted by Crippen LogP contribution is -2.48. The highest BCUT2D eigenvalue weighted by Crippen LogP contribution is 2.50. The number of para-hydroxylation sites is 1. The van der Waals surface area contributed by atoms with Gasteiger partial charge in [0.15, 0.2) is 23.2 Å². The number of rotatable bonds is 12. The molecule has 3 N–H and O–H groups in total. The number of carbonyl (C=O) groups excluding carboxylic acids is 2. The molecule has 1 unspecified atom stereocenters. The number of nitrogens with zero attached hydrogens (tertiary/aromatic N) is 4. The Balaban J connectivity index is 1.67. The van der Waals surface area contributed by atoms with Crippen molar-refractivity contribution in [2.24, 2.45) is 5.92 Å². The Bertz CT molecular complexity index is 1500. The van der Waals surface area contributed by atoms with Crippen LogP contribution >= 0.6 is 7.75 Å². The molecule has 0 amide bonds. The molecule has 3 heterocycles. The Hall–Kier alpha value is -3.65. The van der Waals surface area contributed by atoms with Crippen LogP contribution in [0, 0.1) is 5.92 Å². The van der Waals surface area contributed by atoms with Crippen LogP contribution in [0.3, 0.4) is 0 Å². The maximum absolute atomic E-state index is 16.7. The van der Waals surface area contributed by atoms with E-state index < -0.39 is 61.7 Å². The van der Waals surface area contributed by atoms with Crippen molar-refractivity contribution in [3.63, 3.8) is 0 Å². The lowest BCUT2D eigenvalue weighted by molar-refractivity contribution is -0.162. The zero-order valence-electron chi connectivity index (χ0n) is 24.7. The quantitative estimate of drug-likeness (QED) is 0.221. The van der Waals surface area contributed by atoms with Gasteiger partial charge < -0.3 is 24.5 Å². The van der Waals surface area contributed by atoms with Crippen molar-refractivity contribution in [1.82, 2.24) is 24.7 Å². The summed E-state index contributed by atoms with van der Waals surface area (Å²) in [5, 5.41) is 6.74. The second-order valence-electron chi connectivity index (χ2n) is 10.9. The average molecular weight is 623 g/mol. The van der Waals surface area contributed by atoms with Gasteiger partial charge in [0.1, 0.15) is 29.8 Å². The van der Waals surface area contributed by atoms with E-state index in [4.69, 9.17) is 29.0 Å². The van der Waals surface area contributed by atoms with Crippen LogP contribution in [0.1, 0.15) is 53.3 Å². The summed E-state index contributed by atoms with van der Waals surface area (Å²) in [5.74, 6) is -1.74. The predicted molar refractivity (Wildman–Crippen MR) is 152 cm³/mol. The minimum absolute atomic E-state index is 0.0664. The van der Waals surface area contributed by atoms with Gasteiger partial charge in [-0.1, -0.05) is 32.0 Å². The van der Waals surface area contributed by atoms with Gasteiger partial charge in [-0.2, -0.15) is 10.2 Å². The van der Waals surface area contributed by atoms with Crippen molar-refractivity contribution < 1.29 is 41.8 Å². The molecule has 3 aromatic rings. The largest absolute Gasteiger partial charge is 0.465 e. The Labute approximate surface area is 248 Å². The van der Waals surface area contributed by atoms with E-state index in [0.29, 0.717) is 0 Å². The molecule has 16 heteroatoms. The first-order valence-electron chi connectivity index (χ1n) is 13.6. The van der Waals surface area contributed by atoms with E-state index in [9.17, 15) is 14.2 Å². The van der Waals surface area contributed by atoms with Crippen molar-refractivity contribution in [2.45, 2.75) is 71.1 Å². The maximum Gasteiger partial charge on any atom is 0.459 e. The molecule has 43 heavy (non-hydrogen) atoms. The molecule has 1 aliphatic rings. The van der Waals surface area contributed by atoms with Crippen LogP contribution in [-0.4, -0.2) is 68.2 Å². The number of aromatic nitrogens is 4. The molecule has 0 spiro atoms. The molecule has 0 radical (unpaired) electrons. The van der Waals surface area contributed by atoms with Crippen LogP contribution in [-0.2, 0) is 32.9 Å². The fraction of sp³-hybridized carbons (Fsp3) is 0.519. The first-order chi connectivity index (χ1) is 20.2. The number of imidazole rings is 1. The summed E-state index contributed by atoms with van der Waals surface area (Å²) in [7, 11) is -4.39. The smallest absolute Gasteiger partial charge is 0.459 e.